The van der Waals surface area contributed by atoms with Crippen LogP contribution >= 0.6 is 34.2 Å². The Morgan fingerprint density at radius 1 is 1.33 bits per heavy atom. The third kappa shape index (κ3) is 3.60. The highest BCUT2D eigenvalue weighted by atomic mass is 127. The number of rotatable bonds is 1. The first-order valence-electron chi connectivity index (χ1n) is 3.57. The molecule has 1 rings (SSSR count). The zero-order chi connectivity index (χ0) is 11.6. The van der Waals surface area contributed by atoms with Gasteiger partial charge in [-0.15, -0.1) is 0 Å². The van der Waals surface area contributed by atoms with Crippen LogP contribution in [0.1, 0.15) is 0 Å². The molecule has 0 spiro atoms. The van der Waals surface area contributed by atoms with Gasteiger partial charge in [-0.05, 0) is 34.7 Å². The van der Waals surface area contributed by atoms with Gasteiger partial charge in [0.2, 0.25) is 5.17 Å². The molecule has 0 aromatic heterocycles. The molecule has 82 valence electrons. The zero-order valence-corrected chi connectivity index (χ0v) is 9.86. The molecule has 0 saturated heterocycles. The van der Waals surface area contributed by atoms with E-state index in [-0.39, 0.29) is 5.69 Å². The van der Waals surface area contributed by atoms with E-state index in [0.29, 0.717) is 3.57 Å². The third-order valence-corrected chi connectivity index (χ3v) is 2.54. The molecule has 1 aromatic carbocycles. The predicted octanol–water partition coefficient (Wildman–Crippen LogP) is 4.26. The summed E-state index contributed by atoms with van der Waals surface area (Å²) >= 11 is 6.60. The van der Waals surface area contributed by atoms with E-state index in [1.807, 2.05) is 0 Å². The fraction of sp³-hybridized carbons (Fsp3) is 0.125. The predicted molar refractivity (Wildman–Crippen MR) is 58.1 cm³/mol. The molecular formula is C8H3ClF4IN. The highest BCUT2D eigenvalue weighted by Crippen LogP contribution is 2.25. The fourth-order valence-corrected chi connectivity index (χ4v) is 1.16. The Balaban J connectivity index is 3.04. The van der Waals surface area contributed by atoms with Gasteiger partial charge < -0.3 is 0 Å². The Morgan fingerprint density at radius 3 is 2.40 bits per heavy atom. The van der Waals surface area contributed by atoms with Crippen molar-refractivity contribution in [2.24, 2.45) is 4.99 Å². The molecule has 1 nitrogen and oxygen atoms in total. The monoisotopic (exact) mass is 351 g/mol. The summed E-state index contributed by atoms with van der Waals surface area (Å²) in [6.45, 7) is 0. The van der Waals surface area contributed by atoms with Gasteiger partial charge in [-0.1, -0.05) is 11.6 Å². The molecule has 0 heterocycles. The molecule has 0 aliphatic carbocycles. The molecule has 1 aromatic rings. The van der Waals surface area contributed by atoms with Crippen molar-refractivity contribution in [1.29, 1.82) is 0 Å². The van der Waals surface area contributed by atoms with Crippen LogP contribution in [0.5, 0.6) is 0 Å². The SMILES string of the molecule is Fc1cc(N=C(Cl)C(F)(F)F)ccc1I. The third-order valence-electron chi connectivity index (χ3n) is 1.36. The minimum Gasteiger partial charge on any atom is -0.232 e. The van der Waals surface area contributed by atoms with E-state index < -0.39 is 17.2 Å². The molecule has 0 amide bonds. The Morgan fingerprint density at radius 2 is 1.93 bits per heavy atom. The molecule has 0 atom stereocenters. The van der Waals surface area contributed by atoms with E-state index in [2.05, 4.69) is 4.99 Å². The lowest BCUT2D eigenvalue weighted by Crippen LogP contribution is -2.16. The van der Waals surface area contributed by atoms with Crippen LogP contribution in [-0.4, -0.2) is 11.3 Å². The second-order valence-electron chi connectivity index (χ2n) is 2.50. The highest BCUT2D eigenvalue weighted by molar-refractivity contribution is 14.1. The van der Waals surface area contributed by atoms with Gasteiger partial charge in [0.25, 0.3) is 0 Å². The van der Waals surface area contributed by atoms with Crippen molar-refractivity contribution in [2.75, 3.05) is 0 Å². The maximum atomic E-state index is 12.9. The van der Waals surface area contributed by atoms with Gasteiger partial charge in [0.1, 0.15) is 5.82 Å². The number of alkyl halides is 3. The molecule has 0 unspecified atom stereocenters. The van der Waals surface area contributed by atoms with Crippen molar-refractivity contribution in [3.8, 4) is 0 Å². The van der Waals surface area contributed by atoms with Crippen LogP contribution in [-0.2, 0) is 0 Å². The van der Waals surface area contributed by atoms with Crippen molar-refractivity contribution >= 4 is 45.1 Å². The maximum absolute atomic E-state index is 12.9. The first-order chi connectivity index (χ1) is 6.80. The largest absolute Gasteiger partial charge is 0.444 e. The molecule has 15 heavy (non-hydrogen) atoms. The number of halogens is 6. The number of aliphatic imine (C=N–C) groups is 1. The number of nitrogens with zero attached hydrogens (tertiary/aromatic N) is 1. The van der Waals surface area contributed by atoms with Crippen LogP contribution in [0.3, 0.4) is 0 Å². The summed E-state index contributed by atoms with van der Waals surface area (Å²) in [5.41, 5.74) is -0.171. The van der Waals surface area contributed by atoms with Crippen LogP contribution < -0.4 is 0 Å². The Hall–Kier alpha value is -0.370. The van der Waals surface area contributed by atoms with Crippen LogP contribution in [0.4, 0.5) is 23.2 Å². The Labute approximate surface area is 101 Å². The summed E-state index contributed by atoms with van der Waals surface area (Å²) < 4.78 is 49.1. The van der Waals surface area contributed by atoms with E-state index in [1.54, 1.807) is 22.6 Å². The van der Waals surface area contributed by atoms with Gasteiger partial charge in [-0.25, -0.2) is 9.38 Å². The van der Waals surface area contributed by atoms with Gasteiger partial charge in [0.15, 0.2) is 0 Å². The summed E-state index contributed by atoms with van der Waals surface area (Å²) in [6, 6.07) is 3.45. The van der Waals surface area contributed by atoms with Gasteiger partial charge in [-0.3, -0.25) is 0 Å². The quantitative estimate of drug-likeness (QED) is 0.407. The van der Waals surface area contributed by atoms with Gasteiger partial charge in [0, 0.05) is 9.64 Å². The van der Waals surface area contributed by atoms with Crippen LogP contribution in [0.15, 0.2) is 23.2 Å². The molecule has 0 fully saturated rings. The molecule has 0 bridgehead atoms. The molecule has 0 aliphatic rings. The average molecular weight is 351 g/mol. The van der Waals surface area contributed by atoms with E-state index >= 15 is 0 Å². The molecule has 0 aliphatic heterocycles. The van der Waals surface area contributed by atoms with Gasteiger partial charge >= 0.3 is 6.18 Å². The minimum absolute atomic E-state index is 0.171. The zero-order valence-electron chi connectivity index (χ0n) is 6.95. The van der Waals surface area contributed by atoms with E-state index in [1.165, 1.54) is 12.1 Å². The molecule has 0 saturated carbocycles. The number of hydrogen-bond donors (Lipinski definition) is 0. The summed E-state index contributed by atoms with van der Waals surface area (Å²) in [7, 11) is 0. The summed E-state index contributed by atoms with van der Waals surface area (Å²) in [6.07, 6.45) is -4.71. The smallest absolute Gasteiger partial charge is 0.232 e. The van der Waals surface area contributed by atoms with Crippen LogP contribution in [0, 0.1) is 9.39 Å². The standard InChI is InChI=1S/C8H3ClF4IN/c9-7(8(11,12)13)15-4-1-2-6(14)5(10)3-4/h1-3H. The lowest BCUT2D eigenvalue weighted by atomic mass is 10.3. The average Bonchev–Trinajstić information content (AvgIpc) is 2.10. The molecule has 0 N–H and O–H groups in total. The van der Waals surface area contributed by atoms with Gasteiger partial charge in [-0.2, -0.15) is 13.2 Å². The van der Waals surface area contributed by atoms with E-state index in [9.17, 15) is 17.6 Å². The van der Waals surface area contributed by atoms with Crippen LogP contribution in [0.25, 0.3) is 0 Å². The summed E-state index contributed by atoms with van der Waals surface area (Å²) in [5, 5.41) is -1.52. The second-order valence-corrected chi connectivity index (χ2v) is 4.02. The Kier molecular flexibility index (Phi) is 3.93. The lowest BCUT2D eigenvalue weighted by Gasteiger charge is -2.03. The maximum Gasteiger partial charge on any atom is 0.444 e. The van der Waals surface area contributed by atoms with Gasteiger partial charge in [0.05, 0.1) is 5.69 Å². The van der Waals surface area contributed by atoms with E-state index in [4.69, 9.17) is 11.6 Å². The normalized spacial score (nSPS) is 13.1. The minimum atomic E-state index is -4.71. The second kappa shape index (κ2) is 4.65. The van der Waals surface area contributed by atoms with Crippen LogP contribution in [0.2, 0.25) is 0 Å². The van der Waals surface area contributed by atoms with Crippen molar-refractivity contribution in [3.05, 3.63) is 27.6 Å². The van der Waals surface area contributed by atoms with Crippen molar-refractivity contribution in [2.45, 2.75) is 6.18 Å². The number of hydrogen-bond acceptors (Lipinski definition) is 1. The first-order valence-corrected chi connectivity index (χ1v) is 5.03. The molecule has 0 radical (unpaired) electrons. The van der Waals surface area contributed by atoms with Crippen molar-refractivity contribution in [3.63, 3.8) is 0 Å². The molecule has 7 heteroatoms. The summed E-state index contributed by atoms with van der Waals surface area (Å²) in [4.78, 5) is 3.05. The lowest BCUT2D eigenvalue weighted by molar-refractivity contribution is -0.0558. The van der Waals surface area contributed by atoms with E-state index in [0.717, 1.165) is 6.07 Å². The van der Waals surface area contributed by atoms with Crippen molar-refractivity contribution in [1.82, 2.24) is 0 Å². The summed E-state index contributed by atoms with van der Waals surface area (Å²) in [5.74, 6) is -0.636. The number of benzene rings is 1. The molecular weight excluding hydrogens is 348 g/mol. The fourth-order valence-electron chi connectivity index (χ4n) is 0.731. The topological polar surface area (TPSA) is 12.4 Å². The highest BCUT2D eigenvalue weighted by Gasteiger charge is 2.34. The van der Waals surface area contributed by atoms with Crippen molar-refractivity contribution < 1.29 is 17.6 Å². The Bertz CT molecular complexity index is 402. The first kappa shape index (κ1) is 12.7.